The van der Waals surface area contributed by atoms with Gasteiger partial charge in [0.25, 0.3) is 5.91 Å². The van der Waals surface area contributed by atoms with Crippen LogP contribution in [0.4, 0.5) is 4.39 Å². The van der Waals surface area contributed by atoms with Crippen molar-refractivity contribution >= 4 is 5.91 Å². The Kier molecular flexibility index (Phi) is 4.44. The number of amides is 1. The highest BCUT2D eigenvalue weighted by molar-refractivity contribution is 5.96. The minimum atomic E-state index is -0.310. The van der Waals surface area contributed by atoms with Gasteiger partial charge in [0.2, 0.25) is 0 Å². The third-order valence-corrected chi connectivity index (χ3v) is 4.11. The largest absolute Gasteiger partial charge is 0.464 e. The highest BCUT2D eigenvalue weighted by Gasteiger charge is 2.23. The fourth-order valence-corrected chi connectivity index (χ4v) is 2.85. The van der Waals surface area contributed by atoms with Gasteiger partial charge in [-0.3, -0.25) is 4.79 Å². The Morgan fingerprint density at radius 2 is 1.84 bits per heavy atom. The number of nitrogens with zero attached hydrogens (tertiary/aromatic N) is 3. The normalized spacial score (nSPS) is 10.9. The van der Waals surface area contributed by atoms with Crippen LogP contribution >= 0.6 is 0 Å². The summed E-state index contributed by atoms with van der Waals surface area (Å²) in [5, 5.41) is 4.45. The summed E-state index contributed by atoms with van der Waals surface area (Å²) in [6.07, 6.45) is 0. The standard InChI is InChI=1S/C19H20FN3O2/c1-12-5-10-17(25-12)11-22(4)19(24)18-13(2)21-23(14(18)3)16-8-6-15(20)7-9-16/h5-10H,11H2,1-4H3. The number of furan rings is 1. The number of hydrogen-bond donors (Lipinski definition) is 0. The highest BCUT2D eigenvalue weighted by atomic mass is 19.1. The predicted octanol–water partition coefficient (Wildman–Crippen LogP) is 3.80. The van der Waals surface area contributed by atoms with E-state index < -0.39 is 0 Å². The van der Waals surface area contributed by atoms with E-state index in [1.807, 2.05) is 26.0 Å². The second-order valence-corrected chi connectivity index (χ2v) is 6.11. The van der Waals surface area contributed by atoms with Crippen LogP contribution < -0.4 is 0 Å². The molecule has 0 aliphatic heterocycles. The maximum absolute atomic E-state index is 13.1. The van der Waals surface area contributed by atoms with Crippen LogP contribution in [0.15, 0.2) is 40.8 Å². The summed E-state index contributed by atoms with van der Waals surface area (Å²) in [5.41, 5.74) is 2.62. The van der Waals surface area contributed by atoms with Crippen molar-refractivity contribution in [1.82, 2.24) is 14.7 Å². The zero-order chi connectivity index (χ0) is 18.1. The van der Waals surface area contributed by atoms with Gasteiger partial charge < -0.3 is 9.32 Å². The van der Waals surface area contributed by atoms with Gasteiger partial charge in [-0.25, -0.2) is 9.07 Å². The van der Waals surface area contributed by atoms with Gasteiger partial charge in [0.1, 0.15) is 17.3 Å². The van der Waals surface area contributed by atoms with Gasteiger partial charge in [-0.15, -0.1) is 0 Å². The summed E-state index contributed by atoms with van der Waals surface area (Å²) < 4.78 is 20.3. The Labute approximate surface area is 145 Å². The van der Waals surface area contributed by atoms with E-state index in [1.54, 1.807) is 35.7 Å². The first-order valence-corrected chi connectivity index (χ1v) is 7.99. The lowest BCUT2D eigenvalue weighted by atomic mass is 10.1. The van der Waals surface area contributed by atoms with E-state index in [4.69, 9.17) is 4.42 Å². The molecule has 25 heavy (non-hydrogen) atoms. The summed E-state index contributed by atoms with van der Waals surface area (Å²) in [6, 6.07) is 9.76. The Hall–Kier alpha value is -2.89. The summed E-state index contributed by atoms with van der Waals surface area (Å²) >= 11 is 0. The van der Waals surface area contributed by atoms with Crippen molar-refractivity contribution in [3.05, 3.63) is 70.7 Å². The van der Waals surface area contributed by atoms with Crippen LogP contribution in [0.1, 0.15) is 33.3 Å². The van der Waals surface area contributed by atoms with Gasteiger partial charge in [0, 0.05) is 7.05 Å². The zero-order valence-electron chi connectivity index (χ0n) is 14.7. The monoisotopic (exact) mass is 341 g/mol. The summed E-state index contributed by atoms with van der Waals surface area (Å²) in [6.45, 7) is 5.88. The molecular weight excluding hydrogens is 321 g/mol. The van der Waals surface area contributed by atoms with Gasteiger partial charge in [-0.05, 0) is 57.2 Å². The Morgan fingerprint density at radius 3 is 2.44 bits per heavy atom. The van der Waals surface area contributed by atoms with Crippen molar-refractivity contribution in [3.63, 3.8) is 0 Å². The van der Waals surface area contributed by atoms with Crippen LogP contribution in [-0.2, 0) is 6.54 Å². The second kappa shape index (κ2) is 6.55. The lowest BCUT2D eigenvalue weighted by Gasteiger charge is -2.16. The zero-order valence-corrected chi connectivity index (χ0v) is 14.7. The molecule has 2 aromatic heterocycles. The van der Waals surface area contributed by atoms with Crippen molar-refractivity contribution in [2.45, 2.75) is 27.3 Å². The average molecular weight is 341 g/mol. The maximum Gasteiger partial charge on any atom is 0.257 e. The number of halogens is 1. The van der Waals surface area contributed by atoms with E-state index in [1.165, 1.54) is 12.1 Å². The quantitative estimate of drug-likeness (QED) is 0.725. The molecule has 0 saturated carbocycles. The van der Waals surface area contributed by atoms with Crippen molar-refractivity contribution < 1.29 is 13.6 Å². The Balaban J connectivity index is 1.89. The average Bonchev–Trinajstić information content (AvgIpc) is 3.10. The minimum absolute atomic E-state index is 0.127. The molecular formula is C19H20FN3O2. The molecule has 0 unspecified atom stereocenters. The molecule has 0 radical (unpaired) electrons. The van der Waals surface area contributed by atoms with Gasteiger partial charge in [0.05, 0.1) is 29.2 Å². The predicted molar refractivity (Wildman–Crippen MR) is 92.2 cm³/mol. The first-order chi connectivity index (χ1) is 11.9. The molecule has 0 spiro atoms. The molecule has 1 aromatic carbocycles. The smallest absolute Gasteiger partial charge is 0.257 e. The summed E-state index contributed by atoms with van der Waals surface area (Å²) in [7, 11) is 1.73. The summed E-state index contributed by atoms with van der Waals surface area (Å²) in [5.74, 6) is 1.11. The molecule has 0 aliphatic rings. The first-order valence-electron chi connectivity index (χ1n) is 7.99. The first kappa shape index (κ1) is 17.0. The highest BCUT2D eigenvalue weighted by Crippen LogP contribution is 2.20. The van der Waals surface area contributed by atoms with Gasteiger partial charge in [-0.2, -0.15) is 5.10 Å². The number of rotatable bonds is 4. The van der Waals surface area contributed by atoms with Crippen LogP contribution in [0.3, 0.4) is 0 Å². The van der Waals surface area contributed by atoms with Gasteiger partial charge in [0.15, 0.2) is 0 Å². The molecule has 0 bridgehead atoms. The third kappa shape index (κ3) is 3.33. The third-order valence-electron chi connectivity index (χ3n) is 4.11. The molecule has 3 rings (SSSR count). The molecule has 0 N–H and O–H groups in total. The van der Waals surface area contributed by atoms with Crippen LogP contribution in [0.2, 0.25) is 0 Å². The van der Waals surface area contributed by atoms with Crippen molar-refractivity contribution in [1.29, 1.82) is 0 Å². The number of aryl methyl sites for hydroxylation is 2. The van der Waals surface area contributed by atoms with Crippen molar-refractivity contribution in [2.24, 2.45) is 0 Å². The number of aromatic nitrogens is 2. The molecule has 6 heteroatoms. The molecule has 0 fully saturated rings. The van der Waals surface area contributed by atoms with Crippen molar-refractivity contribution in [3.8, 4) is 5.69 Å². The van der Waals surface area contributed by atoms with E-state index in [2.05, 4.69) is 5.10 Å². The topological polar surface area (TPSA) is 51.3 Å². The molecule has 5 nitrogen and oxygen atoms in total. The van der Waals surface area contributed by atoms with E-state index >= 15 is 0 Å². The lowest BCUT2D eigenvalue weighted by molar-refractivity contribution is 0.0773. The maximum atomic E-state index is 13.1. The molecule has 1 amide bonds. The fourth-order valence-electron chi connectivity index (χ4n) is 2.85. The number of carbonyl (C=O) groups is 1. The van der Waals surface area contributed by atoms with E-state index in [9.17, 15) is 9.18 Å². The molecule has 0 saturated heterocycles. The van der Waals surface area contributed by atoms with Crippen LogP contribution in [0.25, 0.3) is 5.69 Å². The molecule has 130 valence electrons. The summed E-state index contributed by atoms with van der Waals surface area (Å²) in [4.78, 5) is 14.5. The van der Waals surface area contributed by atoms with Crippen LogP contribution in [0, 0.1) is 26.6 Å². The SMILES string of the molecule is Cc1ccc(CN(C)C(=O)c2c(C)nn(-c3ccc(F)cc3)c2C)o1. The van der Waals surface area contributed by atoms with E-state index in [0.29, 0.717) is 23.5 Å². The van der Waals surface area contributed by atoms with Crippen molar-refractivity contribution in [2.75, 3.05) is 7.05 Å². The number of carbonyl (C=O) groups excluding carboxylic acids is 1. The van der Waals surface area contributed by atoms with Crippen LogP contribution in [0.5, 0.6) is 0 Å². The Bertz CT molecular complexity index is 909. The lowest BCUT2D eigenvalue weighted by Crippen LogP contribution is -2.27. The molecule has 0 aliphatic carbocycles. The van der Waals surface area contributed by atoms with Crippen LogP contribution in [-0.4, -0.2) is 27.6 Å². The van der Waals surface area contributed by atoms with Gasteiger partial charge >= 0.3 is 0 Å². The van der Waals surface area contributed by atoms with E-state index in [0.717, 1.165) is 17.2 Å². The Morgan fingerprint density at radius 1 is 1.16 bits per heavy atom. The molecule has 3 aromatic rings. The second-order valence-electron chi connectivity index (χ2n) is 6.11. The van der Waals surface area contributed by atoms with Gasteiger partial charge in [-0.1, -0.05) is 0 Å². The number of hydrogen-bond acceptors (Lipinski definition) is 3. The minimum Gasteiger partial charge on any atom is -0.464 e. The fraction of sp³-hybridized carbons (Fsp3) is 0.263. The number of benzene rings is 1. The molecule has 2 heterocycles. The molecule has 0 atom stereocenters. The van der Waals surface area contributed by atoms with E-state index in [-0.39, 0.29) is 11.7 Å².